The smallest absolute Gasteiger partial charge is 0.331 e. The van der Waals surface area contributed by atoms with E-state index in [1.807, 2.05) is 71.9 Å². The van der Waals surface area contributed by atoms with Crippen LogP contribution in [0.15, 0.2) is 71.4 Å². The lowest BCUT2D eigenvalue weighted by Gasteiger charge is -2.25. The number of nitrogens with one attached hydrogen (secondary N) is 1. The first kappa shape index (κ1) is 36.4. The summed E-state index contributed by atoms with van der Waals surface area (Å²) in [5.41, 5.74) is 2.97. The zero-order valence-electron chi connectivity index (χ0n) is 26.1. The van der Waals surface area contributed by atoms with Crippen molar-refractivity contribution >= 4 is 30.3 Å². The van der Waals surface area contributed by atoms with Crippen LogP contribution in [0.5, 0.6) is 0 Å². The van der Waals surface area contributed by atoms with Gasteiger partial charge in [-0.3, -0.25) is 9.59 Å². The molecule has 0 unspecified atom stereocenters. The van der Waals surface area contributed by atoms with E-state index in [1.165, 1.54) is 6.08 Å². The highest BCUT2D eigenvalue weighted by Gasteiger charge is 2.29. The molecule has 1 aliphatic heterocycles. The third-order valence-electron chi connectivity index (χ3n) is 7.23. The number of rotatable bonds is 16. The van der Waals surface area contributed by atoms with E-state index in [1.54, 1.807) is 13.0 Å². The lowest BCUT2D eigenvalue weighted by atomic mass is 9.83. The molecule has 7 heteroatoms. The molecule has 228 valence electrons. The summed E-state index contributed by atoms with van der Waals surface area (Å²) in [6.07, 6.45) is 17.5. The Balaban J connectivity index is 2.62. The molecule has 1 heterocycles. The lowest BCUT2D eigenvalue weighted by molar-refractivity contribution is -0.143. The van der Waals surface area contributed by atoms with Crippen molar-refractivity contribution in [1.29, 1.82) is 0 Å². The van der Waals surface area contributed by atoms with Gasteiger partial charge in [-0.05, 0) is 51.5 Å². The summed E-state index contributed by atoms with van der Waals surface area (Å²) in [4.78, 5) is 36.4. The molecule has 0 aliphatic carbocycles. The number of cyclic esters (lactones) is 1. The van der Waals surface area contributed by atoms with Gasteiger partial charge in [0.05, 0.1) is 6.10 Å². The number of carbonyl (C=O) groups excluding carboxylic acids is 3. The molecule has 1 rings (SSSR count). The van der Waals surface area contributed by atoms with Crippen molar-refractivity contribution in [3.63, 3.8) is 0 Å². The molecular weight excluding hydrogens is 534 g/mol. The Morgan fingerprint density at radius 3 is 2.41 bits per heavy atom. The van der Waals surface area contributed by atoms with Gasteiger partial charge in [0.25, 0.3) is 0 Å². The molecule has 1 amide bonds. The summed E-state index contributed by atoms with van der Waals surface area (Å²) in [5.74, 6) is -0.428. The summed E-state index contributed by atoms with van der Waals surface area (Å²) in [6, 6.07) is 0. The molecule has 0 spiro atoms. The highest BCUT2D eigenvalue weighted by Crippen LogP contribution is 2.24. The van der Waals surface area contributed by atoms with E-state index in [2.05, 4.69) is 37.0 Å². The first-order valence-electron chi connectivity index (χ1n) is 14.6. The van der Waals surface area contributed by atoms with E-state index in [9.17, 15) is 19.5 Å². The second kappa shape index (κ2) is 18.7. The number of amides is 1. The van der Waals surface area contributed by atoms with Gasteiger partial charge < -0.3 is 15.2 Å². The van der Waals surface area contributed by atoms with Crippen molar-refractivity contribution in [2.24, 2.45) is 29.6 Å². The number of esters is 1. The topological polar surface area (TPSA) is 92.7 Å². The van der Waals surface area contributed by atoms with Crippen LogP contribution in [0.4, 0.5) is 0 Å². The van der Waals surface area contributed by atoms with Crippen LogP contribution in [0.2, 0.25) is 0 Å². The molecule has 0 aromatic carbocycles. The highest BCUT2D eigenvalue weighted by atomic mass is 32.1. The fourth-order valence-electron chi connectivity index (χ4n) is 4.87. The van der Waals surface area contributed by atoms with Gasteiger partial charge in [-0.15, -0.1) is 0 Å². The maximum atomic E-state index is 13.1. The van der Waals surface area contributed by atoms with Crippen LogP contribution in [0.1, 0.15) is 68.2 Å². The Bertz CT molecular complexity index is 1070. The number of hydrogen-bond acceptors (Lipinski definition) is 6. The molecule has 2 N–H and O–H groups in total. The quantitative estimate of drug-likeness (QED) is 0.0849. The third kappa shape index (κ3) is 14.2. The van der Waals surface area contributed by atoms with Crippen molar-refractivity contribution in [3.8, 4) is 0 Å². The van der Waals surface area contributed by atoms with Gasteiger partial charge in [0.2, 0.25) is 5.91 Å². The molecule has 0 fully saturated rings. The number of hydrogen-bond donors (Lipinski definition) is 3. The van der Waals surface area contributed by atoms with Crippen LogP contribution in [0.25, 0.3) is 0 Å². The molecule has 6 nitrogen and oxygen atoms in total. The molecule has 0 radical (unpaired) electrons. The molecule has 7 atom stereocenters. The Morgan fingerprint density at radius 1 is 1.10 bits per heavy atom. The van der Waals surface area contributed by atoms with Crippen LogP contribution in [-0.4, -0.2) is 47.3 Å². The van der Waals surface area contributed by atoms with E-state index < -0.39 is 12.0 Å². The van der Waals surface area contributed by atoms with Crippen molar-refractivity contribution in [1.82, 2.24) is 5.32 Å². The van der Waals surface area contributed by atoms with Crippen molar-refractivity contribution in [2.45, 2.75) is 80.4 Å². The zero-order chi connectivity index (χ0) is 31.1. The minimum Gasteiger partial charge on any atom is -0.454 e. The van der Waals surface area contributed by atoms with Gasteiger partial charge in [0.1, 0.15) is 11.9 Å². The second-order valence-electron chi connectivity index (χ2n) is 11.6. The van der Waals surface area contributed by atoms with Crippen molar-refractivity contribution in [3.05, 3.63) is 71.4 Å². The summed E-state index contributed by atoms with van der Waals surface area (Å²) in [6.45, 7) is 16.1. The van der Waals surface area contributed by atoms with Crippen LogP contribution in [0.3, 0.4) is 0 Å². The van der Waals surface area contributed by atoms with Gasteiger partial charge >= 0.3 is 5.97 Å². The Morgan fingerprint density at radius 2 is 1.76 bits per heavy atom. The first-order chi connectivity index (χ1) is 19.2. The molecular formula is C34H51NO5S. The maximum Gasteiger partial charge on any atom is 0.331 e. The average molecular weight is 586 g/mol. The number of aliphatic hydroxyl groups excluding tert-OH is 1. The lowest BCUT2D eigenvalue weighted by Crippen LogP contribution is -2.34. The van der Waals surface area contributed by atoms with Crippen LogP contribution < -0.4 is 5.32 Å². The van der Waals surface area contributed by atoms with Crippen molar-refractivity contribution in [2.75, 3.05) is 12.3 Å². The predicted octanol–water partition coefficient (Wildman–Crippen LogP) is 6.36. The van der Waals surface area contributed by atoms with Crippen LogP contribution in [-0.2, 0) is 19.1 Å². The summed E-state index contributed by atoms with van der Waals surface area (Å²) in [5, 5.41) is 13.6. The minimum atomic E-state index is -0.798. The van der Waals surface area contributed by atoms with E-state index in [-0.39, 0.29) is 41.5 Å². The van der Waals surface area contributed by atoms with E-state index in [4.69, 9.17) is 4.74 Å². The van der Waals surface area contributed by atoms with Gasteiger partial charge in [0, 0.05) is 42.2 Å². The normalized spacial score (nSPS) is 22.4. The number of thiol groups is 1. The fourth-order valence-corrected chi connectivity index (χ4v) is 4.98. The standard InChI is InChI=1S/C34H51NO5S/c1-22(18-24(3)12-14-30-26(5)13-15-32(37)40-30)10-9-11-23(2)19-27(6)33(38)29(8)34(39)28(7)20-25(4)21-31(36)35-16-17-41/h9,11-15,18-19,21-22,26-30,34,39,41H,10,16-17,20H2,1-8H3,(H,35,36)/b11-9+,14-12+,23-19+,24-18-,25-21+/t22-,26+,27-,28+,29-,30+,34-/m1/s1. The molecule has 0 aromatic heterocycles. The number of ketones is 1. The third-order valence-corrected chi connectivity index (χ3v) is 7.45. The summed E-state index contributed by atoms with van der Waals surface area (Å²) in [7, 11) is 0. The molecule has 0 saturated heterocycles. The van der Waals surface area contributed by atoms with Crippen LogP contribution >= 0.6 is 12.6 Å². The Kier molecular flexibility index (Phi) is 16.6. The monoisotopic (exact) mass is 585 g/mol. The van der Waals surface area contributed by atoms with Gasteiger partial charge in [-0.1, -0.05) is 87.8 Å². The first-order valence-corrected chi connectivity index (χ1v) is 15.3. The molecule has 41 heavy (non-hydrogen) atoms. The minimum absolute atomic E-state index is 0.00239. The fraction of sp³-hybridized carbons (Fsp3) is 0.559. The number of allylic oxidation sites excluding steroid dienone is 8. The van der Waals surface area contributed by atoms with Gasteiger partial charge in [0.15, 0.2) is 0 Å². The van der Waals surface area contributed by atoms with E-state index in [0.29, 0.717) is 24.6 Å². The Labute approximate surface area is 253 Å². The maximum absolute atomic E-state index is 13.1. The largest absolute Gasteiger partial charge is 0.454 e. The molecule has 0 bridgehead atoms. The average Bonchev–Trinajstić information content (AvgIpc) is 2.90. The highest BCUT2D eigenvalue weighted by molar-refractivity contribution is 7.80. The molecule has 0 saturated carbocycles. The zero-order valence-corrected chi connectivity index (χ0v) is 27.0. The van der Waals surface area contributed by atoms with E-state index >= 15 is 0 Å². The van der Waals surface area contributed by atoms with Gasteiger partial charge in [-0.25, -0.2) is 4.79 Å². The number of ether oxygens (including phenoxy) is 1. The molecule has 0 aromatic rings. The second-order valence-corrected chi connectivity index (χ2v) is 12.0. The number of aliphatic hydroxyl groups is 1. The SMILES string of the molecule is CC(=C/[C@H](C)C/C=C/C(C)=C/[C@@H](C)C(=O)[C@@H](C)[C@H](O)[C@@H](C)C/C(C)=C/C(=O)NCCS)/C=C/[C@@H]1OC(=O)C=C[C@@H]1C. The number of Topliss-reactive ketones (excluding diaryl/α,β-unsaturated/α-hetero) is 1. The van der Waals surface area contributed by atoms with Crippen molar-refractivity contribution < 1.29 is 24.2 Å². The van der Waals surface area contributed by atoms with Gasteiger partial charge in [-0.2, -0.15) is 12.6 Å². The predicted molar refractivity (Wildman–Crippen MR) is 172 cm³/mol. The summed E-state index contributed by atoms with van der Waals surface area (Å²) >= 11 is 4.08. The summed E-state index contributed by atoms with van der Waals surface area (Å²) < 4.78 is 5.36. The number of carbonyl (C=O) groups is 3. The Hall–Kier alpha value is -2.64. The van der Waals surface area contributed by atoms with E-state index in [0.717, 1.165) is 23.1 Å². The van der Waals surface area contributed by atoms with Crippen LogP contribution in [0, 0.1) is 29.6 Å². The molecule has 1 aliphatic rings.